The Morgan fingerprint density at radius 1 is 1.07 bits per heavy atom. The number of nitro benzene ring substituents is 1. The molecule has 9 heteroatoms. The summed E-state index contributed by atoms with van der Waals surface area (Å²) in [6, 6.07) is 4.66. The fourth-order valence-electron chi connectivity index (χ4n) is 4.10. The van der Waals surface area contributed by atoms with Crippen molar-refractivity contribution >= 4 is 23.1 Å². The van der Waals surface area contributed by atoms with Crippen LogP contribution in [-0.2, 0) is 0 Å². The molecular weight excluding hydrogens is 384 g/mol. The van der Waals surface area contributed by atoms with Gasteiger partial charge in [-0.1, -0.05) is 6.92 Å². The third-order valence-electron chi connectivity index (χ3n) is 5.99. The summed E-state index contributed by atoms with van der Waals surface area (Å²) in [5.41, 5.74) is 1.17. The van der Waals surface area contributed by atoms with E-state index in [1.54, 1.807) is 29.6 Å². The molecule has 1 amide bonds. The molecule has 0 unspecified atom stereocenters. The zero-order valence-corrected chi connectivity index (χ0v) is 17.1. The number of carbonyl (C=O) groups excluding carboxylic acids is 1. The monoisotopic (exact) mass is 410 g/mol. The van der Waals surface area contributed by atoms with Gasteiger partial charge in [0.25, 0.3) is 11.6 Å². The average Bonchev–Trinajstić information content (AvgIpc) is 2.79. The van der Waals surface area contributed by atoms with Crippen LogP contribution < -0.4 is 9.80 Å². The number of aromatic nitrogens is 2. The Morgan fingerprint density at radius 3 is 2.43 bits per heavy atom. The highest BCUT2D eigenvalue weighted by molar-refractivity contribution is 6.00. The van der Waals surface area contributed by atoms with Crippen LogP contribution in [0.2, 0.25) is 0 Å². The van der Waals surface area contributed by atoms with E-state index in [-0.39, 0.29) is 11.6 Å². The Morgan fingerprint density at radius 2 is 1.80 bits per heavy atom. The van der Waals surface area contributed by atoms with Gasteiger partial charge in [0.05, 0.1) is 22.4 Å². The molecule has 4 rings (SSSR count). The van der Waals surface area contributed by atoms with Crippen LogP contribution in [-0.4, -0.2) is 65.0 Å². The number of rotatable bonds is 4. The molecular formula is C21H26N6O3. The van der Waals surface area contributed by atoms with Gasteiger partial charge in [-0.05, 0) is 24.8 Å². The van der Waals surface area contributed by atoms with Gasteiger partial charge in [-0.15, -0.1) is 0 Å². The van der Waals surface area contributed by atoms with Crippen LogP contribution in [0.25, 0.3) is 0 Å². The number of amides is 1. The Labute approximate surface area is 175 Å². The predicted octanol–water partition coefficient (Wildman–Crippen LogP) is 2.58. The summed E-state index contributed by atoms with van der Waals surface area (Å²) >= 11 is 0. The minimum absolute atomic E-state index is 0.0503. The summed E-state index contributed by atoms with van der Waals surface area (Å²) in [6.07, 6.45) is 7.12. The summed E-state index contributed by atoms with van der Waals surface area (Å²) < 4.78 is 0. The van der Waals surface area contributed by atoms with Gasteiger partial charge < -0.3 is 14.7 Å². The molecule has 0 aliphatic carbocycles. The van der Waals surface area contributed by atoms with Crippen molar-refractivity contribution in [2.45, 2.75) is 19.8 Å². The number of benzene rings is 1. The lowest BCUT2D eigenvalue weighted by Crippen LogP contribution is -2.49. The lowest BCUT2D eigenvalue weighted by atomic mass is 9.97. The minimum atomic E-state index is -0.440. The second-order valence-corrected chi connectivity index (χ2v) is 7.97. The van der Waals surface area contributed by atoms with Crippen molar-refractivity contribution in [3.05, 3.63) is 52.5 Å². The molecule has 0 N–H and O–H groups in total. The molecule has 0 spiro atoms. The molecule has 2 saturated heterocycles. The first-order chi connectivity index (χ1) is 14.5. The van der Waals surface area contributed by atoms with E-state index in [1.807, 2.05) is 0 Å². The molecule has 2 aliphatic rings. The van der Waals surface area contributed by atoms with Crippen molar-refractivity contribution in [1.82, 2.24) is 14.9 Å². The molecule has 1 aromatic heterocycles. The van der Waals surface area contributed by atoms with E-state index in [4.69, 9.17) is 0 Å². The number of hydrogen-bond donors (Lipinski definition) is 0. The summed E-state index contributed by atoms with van der Waals surface area (Å²) in [4.78, 5) is 38.8. The van der Waals surface area contributed by atoms with Crippen LogP contribution in [0.5, 0.6) is 0 Å². The topological polar surface area (TPSA) is 95.7 Å². The van der Waals surface area contributed by atoms with Crippen molar-refractivity contribution in [3.8, 4) is 0 Å². The fourth-order valence-corrected chi connectivity index (χ4v) is 4.10. The highest BCUT2D eigenvalue weighted by Crippen LogP contribution is 2.30. The highest BCUT2D eigenvalue weighted by Gasteiger charge is 2.28. The van der Waals surface area contributed by atoms with Crippen molar-refractivity contribution in [1.29, 1.82) is 0 Å². The molecule has 2 aliphatic heterocycles. The van der Waals surface area contributed by atoms with E-state index in [2.05, 4.69) is 26.7 Å². The van der Waals surface area contributed by atoms with E-state index >= 15 is 0 Å². The Bertz CT molecular complexity index is 906. The maximum atomic E-state index is 13.4. The lowest BCUT2D eigenvalue weighted by molar-refractivity contribution is -0.384. The maximum Gasteiger partial charge on any atom is 0.270 e. The van der Waals surface area contributed by atoms with E-state index in [1.165, 1.54) is 12.1 Å². The number of nitro groups is 1. The number of nitrogens with zero attached hydrogens (tertiary/aromatic N) is 6. The summed E-state index contributed by atoms with van der Waals surface area (Å²) in [6.45, 7) is 6.32. The first-order valence-electron chi connectivity index (χ1n) is 10.4. The largest absolute Gasteiger partial charge is 0.371 e. The minimum Gasteiger partial charge on any atom is -0.371 e. The molecule has 9 nitrogen and oxygen atoms in total. The second-order valence-electron chi connectivity index (χ2n) is 7.97. The number of piperidine rings is 1. The average molecular weight is 410 g/mol. The molecule has 0 saturated carbocycles. The first kappa shape index (κ1) is 20.1. The van der Waals surface area contributed by atoms with Gasteiger partial charge in [0.15, 0.2) is 0 Å². The number of non-ortho nitro benzene ring substituents is 1. The molecule has 0 radical (unpaired) electrons. The van der Waals surface area contributed by atoms with Gasteiger partial charge >= 0.3 is 0 Å². The number of hydrogen-bond acceptors (Lipinski definition) is 7. The van der Waals surface area contributed by atoms with Crippen LogP contribution in [0, 0.1) is 16.0 Å². The number of piperazine rings is 1. The maximum absolute atomic E-state index is 13.4. The van der Waals surface area contributed by atoms with Crippen LogP contribution >= 0.6 is 0 Å². The molecule has 1 aromatic carbocycles. The predicted molar refractivity (Wildman–Crippen MR) is 114 cm³/mol. The quantitative estimate of drug-likeness (QED) is 0.565. The smallest absolute Gasteiger partial charge is 0.270 e. The van der Waals surface area contributed by atoms with E-state index in [0.717, 1.165) is 37.4 Å². The molecule has 2 fully saturated rings. The van der Waals surface area contributed by atoms with Crippen LogP contribution in [0.1, 0.15) is 30.1 Å². The molecule has 30 heavy (non-hydrogen) atoms. The summed E-state index contributed by atoms with van der Waals surface area (Å²) in [5.74, 6) is 1.31. The Hall–Kier alpha value is -3.23. The number of anilines is 2. The van der Waals surface area contributed by atoms with Crippen molar-refractivity contribution in [2.75, 3.05) is 49.1 Å². The molecule has 3 heterocycles. The fraction of sp³-hybridized carbons (Fsp3) is 0.476. The summed E-state index contributed by atoms with van der Waals surface area (Å²) in [5, 5.41) is 11.3. The molecule has 2 aromatic rings. The first-order valence-corrected chi connectivity index (χ1v) is 10.4. The zero-order valence-electron chi connectivity index (χ0n) is 17.1. The molecule has 0 bridgehead atoms. The Kier molecular flexibility index (Phi) is 5.78. The van der Waals surface area contributed by atoms with Crippen molar-refractivity contribution in [2.24, 2.45) is 5.92 Å². The van der Waals surface area contributed by atoms with Crippen molar-refractivity contribution in [3.63, 3.8) is 0 Å². The lowest BCUT2D eigenvalue weighted by Gasteiger charge is -2.37. The van der Waals surface area contributed by atoms with E-state index < -0.39 is 4.92 Å². The Balaban J connectivity index is 1.54. The summed E-state index contributed by atoms with van der Waals surface area (Å²) in [7, 11) is 0. The van der Waals surface area contributed by atoms with Crippen LogP contribution in [0.3, 0.4) is 0 Å². The van der Waals surface area contributed by atoms with Gasteiger partial charge in [0.1, 0.15) is 5.82 Å². The third kappa shape index (κ3) is 4.19. The normalized spacial score (nSPS) is 17.8. The molecule has 0 atom stereocenters. The van der Waals surface area contributed by atoms with Gasteiger partial charge in [0, 0.05) is 63.8 Å². The number of carbonyl (C=O) groups is 1. The van der Waals surface area contributed by atoms with Crippen LogP contribution in [0.4, 0.5) is 17.2 Å². The van der Waals surface area contributed by atoms with E-state index in [9.17, 15) is 14.9 Å². The van der Waals surface area contributed by atoms with E-state index in [0.29, 0.717) is 37.7 Å². The van der Waals surface area contributed by atoms with Crippen molar-refractivity contribution < 1.29 is 9.72 Å². The second kappa shape index (κ2) is 8.64. The van der Waals surface area contributed by atoms with Gasteiger partial charge in [-0.25, -0.2) is 4.98 Å². The molecule has 158 valence electrons. The van der Waals surface area contributed by atoms with Gasteiger partial charge in [-0.3, -0.25) is 19.9 Å². The standard InChI is InChI=1S/C21H26N6O3/c1-16-4-8-24(9-5-16)19-3-2-17(27(29)30)14-18(19)21(28)26-12-10-25(11-13-26)20-15-22-6-7-23-20/h2-3,6-7,14-16H,4-5,8-13H2,1H3. The van der Waals surface area contributed by atoms with Crippen LogP contribution in [0.15, 0.2) is 36.8 Å². The van der Waals surface area contributed by atoms with Gasteiger partial charge in [-0.2, -0.15) is 0 Å². The third-order valence-corrected chi connectivity index (χ3v) is 5.99. The highest BCUT2D eigenvalue weighted by atomic mass is 16.6. The zero-order chi connectivity index (χ0) is 21.1. The SMILES string of the molecule is CC1CCN(c2ccc([N+](=O)[O-])cc2C(=O)N2CCN(c3cnccn3)CC2)CC1. The van der Waals surface area contributed by atoms with Gasteiger partial charge in [0.2, 0.25) is 0 Å².